The second-order valence-electron chi connectivity index (χ2n) is 5.42. The molecule has 0 radical (unpaired) electrons. The molecule has 0 amide bonds. The molecule has 0 spiro atoms. The van der Waals surface area contributed by atoms with E-state index in [4.69, 9.17) is 21.1 Å². The van der Waals surface area contributed by atoms with E-state index in [-0.39, 0.29) is 0 Å². The lowest BCUT2D eigenvalue weighted by Gasteiger charge is -2.10. The summed E-state index contributed by atoms with van der Waals surface area (Å²) >= 11 is 5.90. The molecule has 0 saturated carbocycles. The molecule has 0 saturated heterocycles. The topological polar surface area (TPSA) is 36.3 Å². The normalized spacial score (nSPS) is 11.5. The van der Waals surface area contributed by atoms with Crippen molar-refractivity contribution in [2.24, 2.45) is 5.92 Å². The lowest BCUT2D eigenvalue weighted by Crippen LogP contribution is -2.12. The number of ether oxygens (including phenoxy) is 2. The molecule has 2 aromatic rings. The van der Waals surface area contributed by atoms with E-state index in [2.05, 4.69) is 29.5 Å². The maximum atomic E-state index is 5.90. The largest absolute Gasteiger partial charge is 0.494 e. The Balaban J connectivity index is 2.24. The van der Waals surface area contributed by atoms with E-state index in [9.17, 15) is 0 Å². The zero-order chi connectivity index (χ0) is 15.2. The predicted molar refractivity (Wildman–Crippen MR) is 86.4 cm³/mol. The number of para-hydroxylation sites is 1. The van der Waals surface area contributed by atoms with Crippen LogP contribution in [0.5, 0.6) is 5.75 Å². The van der Waals surface area contributed by atoms with Gasteiger partial charge in [-0.25, -0.2) is 4.98 Å². The molecule has 0 atom stereocenters. The van der Waals surface area contributed by atoms with Crippen molar-refractivity contribution in [2.75, 3.05) is 26.2 Å². The molecule has 0 N–H and O–H groups in total. The highest BCUT2D eigenvalue weighted by molar-refractivity contribution is 6.17. The first-order valence-corrected chi connectivity index (χ1v) is 7.86. The van der Waals surface area contributed by atoms with Crippen molar-refractivity contribution in [1.82, 2.24) is 9.55 Å². The molecule has 4 nitrogen and oxygen atoms in total. The minimum atomic E-state index is 0.548. The highest BCUT2D eigenvalue weighted by Crippen LogP contribution is 2.26. The summed E-state index contributed by atoms with van der Waals surface area (Å²) in [7, 11) is 1.67. The Labute approximate surface area is 131 Å². The molecule has 5 heteroatoms. The summed E-state index contributed by atoms with van der Waals surface area (Å²) in [5, 5.41) is 0. The molecule has 1 heterocycles. The first kappa shape index (κ1) is 16.1. The van der Waals surface area contributed by atoms with E-state index in [1.54, 1.807) is 7.11 Å². The highest BCUT2D eigenvalue weighted by atomic mass is 35.5. The van der Waals surface area contributed by atoms with Gasteiger partial charge >= 0.3 is 0 Å². The van der Waals surface area contributed by atoms with Crippen LogP contribution in [-0.4, -0.2) is 35.8 Å². The van der Waals surface area contributed by atoms with Gasteiger partial charge in [0.25, 0.3) is 0 Å². The zero-order valence-corrected chi connectivity index (χ0v) is 13.7. The van der Waals surface area contributed by atoms with Gasteiger partial charge in [0.05, 0.1) is 19.2 Å². The summed E-state index contributed by atoms with van der Waals surface area (Å²) in [4.78, 5) is 4.69. The van der Waals surface area contributed by atoms with Crippen LogP contribution in [0.25, 0.3) is 11.0 Å². The first-order valence-electron chi connectivity index (χ1n) is 7.33. The third kappa shape index (κ3) is 3.89. The van der Waals surface area contributed by atoms with E-state index >= 15 is 0 Å². The van der Waals surface area contributed by atoms with Crippen LogP contribution in [0.4, 0.5) is 0 Å². The monoisotopic (exact) mass is 310 g/mol. The molecule has 1 aromatic carbocycles. The standard InChI is InChI=1S/C16H23ClN2O2/c1-12(2)11-21-10-9-19-13-5-4-6-14(20-3)16(13)18-15(19)7-8-17/h4-6,12H,7-11H2,1-3H3. The molecular formula is C16H23ClN2O2. The van der Waals surface area contributed by atoms with Crippen molar-refractivity contribution in [2.45, 2.75) is 26.8 Å². The molecule has 0 aliphatic carbocycles. The number of imidazole rings is 1. The van der Waals surface area contributed by atoms with Crippen molar-refractivity contribution in [3.05, 3.63) is 24.0 Å². The van der Waals surface area contributed by atoms with E-state index < -0.39 is 0 Å². The van der Waals surface area contributed by atoms with Gasteiger partial charge in [0.2, 0.25) is 0 Å². The van der Waals surface area contributed by atoms with Gasteiger partial charge in [-0.2, -0.15) is 0 Å². The second kappa shape index (κ2) is 7.66. The fourth-order valence-corrected chi connectivity index (χ4v) is 2.50. The van der Waals surface area contributed by atoms with E-state index in [1.807, 2.05) is 12.1 Å². The third-order valence-electron chi connectivity index (χ3n) is 3.27. The number of methoxy groups -OCH3 is 1. The summed E-state index contributed by atoms with van der Waals surface area (Å²) in [6.07, 6.45) is 0.740. The maximum Gasteiger partial charge on any atom is 0.146 e. The molecule has 2 rings (SSSR count). The van der Waals surface area contributed by atoms with Gasteiger partial charge in [-0.05, 0) is 18.1 Å². The molecule has 0 fully saturated rings. The molecule has 116 valence electrons. The molecular weight excluding hydrogens is 288 g/mol. The molecule has 0 aliphatic rings. The summed E-state index contributed by atoms with van der Waals surface area (Å²) in [5.74, 6) is 2.88. The van der Waals surface area contributed by atoms with Crippen LogP contribution in [0, 0.1) is 5.92 Å². The number of rotatable bonds is 8. The van der Waals surface area contributed by atoms with Crippen LogP contribution in [-0.2, 0) is 17.7 Å². The van der Waals surface area contributed by atoms with Crippen LogP contribution in [0.2, 0.25) is 0 Å². The summed E-state index contributed by atoms with van der Waals surface area (Å²) in [6, 6.07) is 5.98. The van der Waals surface area contributed by atoms with Gasteiger partial charge in [-0.1, -0.05) is 19.9 Å². The summed E-state index contributed by atoms with van der Waals surface area (Å²) in [6.45, 7) is 6.53. The number of benzene rings is 1. The average molecular weight is 311 g/mol. The fraction of sp³-hybridized carbons (Fsp3) is 0.562. The number of hydrogen-bond acceptors (Lipinski definition) is 3. The fourth-order valence-electron chi connectivity index (χ4n) is 2.33. The maximum absolute atomic E-state index is 5.90. The van der Waals surface area contributed by atoms with Crippen LogP contribution < -0.4 is 4.74 Å². The predicted octanol–water partition coefficient (Wildman–Crippen LogP) is 3.50. The Hall–Kier alpha value is -1.26. The van der Waals surface area contributed by atoms with Crippen molar-refractivity contribution in [1.29, 1.82) is 0 Å². The van der Waals surface area contributed by atoms with Gasteiger partial charge in [0.1, 0.15) is 17.1 Å². The van der Waals surface area contributed by atoms with Crippen LogP contribution in [0.3, 0.4) is 0 Å². The number of hydrogen-bond donors (Lipinski definition) is 0. The van der Waals surface area contributed by atoms with E-state index in [0.29, 0.717) is 18.4 Å². The highest BCUT2D eigenvalue weighted by Gasteiger charge is 2.13. The van der Waals surface area contributed by atoms with Gasteiger partial charge < -0.3 is 14.0 Å². The molecule has 21 heavy (non-hydrogen) atoms. The Morgan fingerprint density at radius 2 is 2.14 bits per heavy atom. The Bertz CT molecular complexity index is 581. The second-order valence-corrected chi connectivity index (χ2v) is 5.79. The molecule has 1 aromatic heterocycles. The van der Waals surface area contributed by atoms with Gasteiger partial charge in [-0.3, -0.25) is 0 Å². The molecule has 0 bridgehead atoms. The lowest BCUT2D eigenvalue weighted by atomic mass is 10.2. The summed E-state index contributed by atoms with van der Waals surface area (Å²) < 4.78 is 13.3. The minimum Gasteiger partial charge on any atom is -0.494 e. The van der Waals surface area contributed by atoms with E-state index in [1.165, 1.54) is 0 Å². The smallest absolute Gasteiger partial charge is 0.146 e. The number of nitrogens with zero attached hydrogens (tertiary/aromatic N) is 2. The van der Waals surface area contributed by atoms with Gasteiger partial charge in [-0.15, -0.1) is 11.6 Å². The van der Waals surface area contributed by atoms with Crippen LogP contribution in [0.1, 0.15) is 19.7 Å². The van der Waals surface area contributed by atoms with Gasteiger partial charge in [0.15, 0.2) is 0 Å². The lowest BCUT2D eigenvalue weighted by molar-refractivity contribution is 0.103. The number of halogens is 1. The minimum absolute atomic E-state index is 0.548. The Morgan fingerprint density at radius 3 is 2.81 bits per heavy atom. The number of aryl methyl sites for hydroxylation is 1. The molecule has 0 unspecified atom stereocenters. The first-order chi connectivity index (χ1) is 10.2. The molecule has 0 aliphatic heterocycles. The van der Waals surface area contributed by atoms with Crippen molar-refractivity contribution in [3.63, 3.8) is 0 Å². The van der Waals surface area contributed by atoms with Crippen LogP contribution >= 0.6 is 11.6 Å². The summed E-state index contributed by atoms with van der Waals surface area (Å²) in [5.41, 5.74) is 1.96. The van der Waals surface area contributed by atoms with Crippen molar-refractivity contribution >= 4 is 22.6 Å². The quantitative estimate of drug-likeness (QED) is 0.553. The number of fused-ring (bicyclic) bond motifs is 1. The Kier molecular flexibility index (Phi) is 5.88. The zero-order valence-electron chi connectivity index (χ0n) is 12.9. The van der Waals surface area contributed by atoms with E-state index in [0.717, 1.165) is 42.2 Å². The van der Waals surface area contributed by atoms with Crippen molar-refractivity contribution in [3.8, 4) is 5.75 Å². The number of aromatic nitrogens is 2. The van der Waals surface area contributed by atoms with Crippen LogP contribution in [0.15, 0.2) is 18.2 Å². The average Bonchev–Trinajstić information content (AvgIpc) is 2.81. The number of alkyl halides is 1. The van der Waals surface area contributed by atoms with Gasteiger partial charge in [0, 0.05) is 25.5 Å². The third-order valence-corrected chi connectivity index (χ3v) is 3.46. The van der Waals surface area contributed by atoms with Crippen molar-refractivity contribution < 1.29 is 9.47 Å². The Morgan fingerprint density at radius 1 is 1.33 bits per heavy atom. The SMILES string of the molecule is COc1cccc2c1nc(CCCl)n2CCOCC(C)C.